The second-order valence-electron chi connectivity index (χ2n) is 5.39. The average molecular weight is 292 g/mol. The van der Waals surface area contributed by atoms with Gasteiger partial charge in [0, 0.05) is 13.1 Å². The standard InChI is InChI=1S/C13H25N3O2.ClH/c1-9(2)11(14)12(17)15-10(3)13(18)16-7-5-4-6-8-16;/h9-11H,4-8,14H2,1-3H3,(H,15,17);1H. The molecule has 2 unspecified atom stereocenters. The van der Waals surface area contributed by atoms with E-state index in [-0.39, 0.29) is 30.1 Å². The molecule has 0 spiro atoms. The molecule has 1 fully saturated rings. The van der Waals surface area contributed by atoms with Crippen molar-refractivity contribution in [3.8, 4) is 0 Å². The molecule has 1 aliphatic heterocycles. The van der Waals surface area contributed by atoms with E-state index in [1.807, 2.05) is 18.7 Å². The first-order valence-corrected chi connectivity index (χ1v) is 6.78. The number of nitrogens with one attached hydrogen (secondary N) is 1. The average Bonchev–Trinajstić information content (AvgIpc) is 2.37. The third-order valence-electron chi connectivity index (χ3n) is 3.42. The van der Waals surface area contributed by atoms with Crippen LogP contribution in [0.4, 0.5) is 0 Å². The van der Waals surface area contributed by atoms with Crippen molar-refractivity contribution in [3.05, 3.63) is 0 Å². The highest BCUT2D eigenvalue weighted by molar-refractivity contribution is 5.89. The van der Waals surface area contributed by atoms with E-state index in [1.165, 1.54) is 6.42 Å². The summed E-state index contributed by atoms with van der Waals surface area (Å²) in [7, 11) is 0. The van der Waals surface area contributed by atoms with E-state index in [0.717, 1.165) is 25.9 Å². The fourth-order valence-electron chi connectivity index (χ4n) is 2.06. The van der Waals surface area contributed by atoms with Crippen LogP contribution in [0.25, 0.3) is 0 Å². The van der Waals surface area contributed by atoms with Crippen LogP contribution in [0.3, 0.4) is 0 Å². The quantitative estimate of drug-likeness (QED) is 0.808. The zero-order chi connectivity index (χ0) is 13.7. The first-order valence-electron chi connectivity index (χ1n) is 6.78. The smallest absolute Gasteiger partial charge is 0.244 e. The molecule has 0 bridgehead atoms. The lowest BCUT2D eigenvalue weighted by Gasteiger charge is -2.30. The number of likely N-dealkylation sites (tertiary alicyclic amines) is 1. The molecule has 1 heterocycles. The molecule has 0 aromatic heterocycles. The fraction of sp³-hybridized carbons (Fsp3) is 0.846. The van der Waals surface area contributed by atoms with Gasteiger partial charge in [-0.2, -0.15) is 0 Å². The molecular formula is C13H26ClN3O2. The van der Waals surface area contributed by atoms with Gasteiger partial charge in [0.05, 0.1) is 6.04 Å². The second-order valence-corrected chi connectivity index (χ2v) is 5.39. The van der Waals surface area contributed by atoms with E-state index in [9.17, 15) is 9.59 Å². The molecule has 0 aromatic carbocycles. The highest BCUT2D eigenvalue weighted by atomic mass is 35.5. The number of piperidine rings is 1. The van der Waals surface area contributed by atoms with Gasteiger partial charge in [-0.25, -0.2) is 0 Å². The van der Waals surface area contributed by atoms with Gasteiger partial charge < -0.3 is 16.0 Å². The summed E-state index contributed by atoms with van der Waals surface area (Å²) >= 11 is 0. The SMILES string of the molecule is CC(NC(=O)C(N)C(C)C)C(=O)N1CCCCC1.Cl. The van der Waals surface area contributed by atoms with Gasteiger partial charge in [0.2, 0.25) is 11.8 Å². The lowest BCUT2D eigenvalue weighted by Crippen LogP contribution is -2.53. The van der Waals surface area contributed by atoms with Crippen LogP contribution in [-0.4, -0.2) is 41.9 Å². The van der Waals surface area contributed by atoms with Crippen molar-refractivity contribution in [2.75, 3.05) is 13.1 Å². The minimum atomic E-state index is -0.554. The van der Waals surface area contributed by atoms with Crippen LogP contribution in [-0.2, 0) is 9.59 Å². The van der Waals surface area contributed by atoms with Crippen molar-refractivity contribution in [2.24, 2.45) is 11.7 Å². The molecule has 3 N–H and O–H groups in total. The van der Waals surface area contributed by atoms with E-state index in [2.05, 4.69) is 5.32 Å². The van der Waals surface area contributed by atoms with Gasteiger partial charge in [-0.15, -0.1) is 12.4 Å². The number of halogens is 1. The first kappa shape index (κ1) is 18.2. The molecule has 1 aliphatic rings. The second kappa shape index (κ2) is 8.38. The molecule has 112 valence electrons. The Morgan fingerprint density at radius 2 is 1.63 bits per heavy atom. The van der Waals surface area contributed by atoms with Crippen molar-refractivity contribution in [1.82, 2.24) is 10.2 Å². The summed E-state index contributed by atoms with van der Waals surface area (Å²) in [5.41, 5.74) is 5.75. The van der Waals surface area contributed by atoms with Gasteiger partial charge in [-0.3, -0.25) is 9.59 Å². The maximum atomic E-state index is 12.1. The Morgan fingerprint density at radius 3 is 2.11 bits per heavy atom. The first-order chi connectivity index (χ1) is 8.43. The van der Waals surface area contributed by atoms with Crippen molar-refractivity contribution in [3.63, 3.8) is 0 Å². The van der Waals surface area contributed by atoms with Crippen LogP contribution in [0.2, 0.25) is 0 Å². The molecule has 0 aliphatic carbocycles. The minimum absolute atomic E-state index is 0. The van der Waals surface area contributed by atoms with E-state index < -0.39 is 12.1 Å². The Labute approximate surface area is 121 Å². The number of carbonyl (C=O) groups is 2. The zero-order valence-corrected chi connectivity index (χ0v) is 12.8. The summed E-state index contributed by atoms with van der Waals surface area (Å²) < 4.78 is 0. The van der Waals surface area contributed by atoms with Gasteiger partial charge in [0.15, 0.2) is 0 Å². The molecule has 1 saturated heterocycles. The van der Waals surface area contributed by atoms with E-state index in [4.69, 9.17) is 5.73 Å². The molecular weight excluding hydrogens is 266 g/mol. The van der Waals surface area contributed by atoms with E-state index in [0.29, 0.717) is 0 Å². The van der Waals surface area contributed by atoms with Crippen molar-refractivity contribution in [1.29, 1.82) is 0 Å². The number of rotatable bonds is 4. The highest BCUT2D eigenvalue weighted by Gasteiger charge is 2.25. The van der Waals surface area contributed by atoms with Gasteiger partial charge in [0.25, 0.3) is 0 Å². The summed E-state index contributed by atoms with van der Waals surface area (Å²) in [5.74, 6) is -0.177. The molecule has 2 amide bonds. The van der Waals surface area contributed by atoms with Crippen LogP contribution in [0, 0.1) is 5.92 Å². The number of nitrogens with zero attached hydrogens (tertiary/aromatic N) is 1. The predicted molar refractivity (Wildman–Crippen MR) is 78.1 cm³/mol. The molecule has 19 heavy (non-hydrogen) atoms. The van der Waals surface area contributed by atoms with Crippen molar-refractivity contribution >= 4 is 24.2 Å². The maximum absolute atomic E-state index is 12.1. The minimum Gasteiger partial charge on any atom is -0.343 e. The Balaban J connectivity index is 0.00000324. The summed E-state index contributed by atoms with van der Waals surface area (Å²) in [6.07, 6.45) is 3.29. The van der Waals surface area contributed by atoms with Gasteiger partial charge >= 0.3 is 0 Å². The van der Waals surface area contributed by atoms with Crippen LogP contribution in [0.15, 0.2) is 0 Å². The Hall–Kier alpha value is -0.810. The summed E-state index contributed by atoms with van der Waals surface area (Å²) in [6.45, 7) is 7.11. The lowest BCUT2D eigenvalue weighted by atomic mass is 10.0. The van der Waals surface area contributed by atoms with Crippen LogP contribution < -0.4 is 11.1 Å². The monoisotopic (exact) mass is 291 g/mol. The number of hydrogen-bond acceptors (Lipinski definition) is 3. The normalized spacial score (nSPS) is 18.5. The van der Waals surface area contributed by atoms with Crippen molar-refractivity contribution < 1.29 is 9.59 Å². The summed E-state index contributed by atoms with van der Waals surface area (Å²) in [4.78, 5) is 25.7. The number of carbonyl (C=O) groups excluding carboxylic acids is 2. The van der Waals surface area contributed by atoms with Crippen LogP contribution in [0.5, 0.6) is 0 Å². The Bertz CT molecular complexity index is 304. The Morgan fingerprint density at radius 1 is 1.11 bits per heavy atom. The Kier molecular flexibility index (Phi) is 8.02. The molecule has 2 atom stereocenters. The van der Waals surface area contributed by atoms with Gasteiger partial charge in [0.1, 0.15) is 6.04 Å². The third kappa shape index (κ3) is 5.37. The lowest BCUT2D eigenvalue weighted by molar-refractivity contribution is -0.137. The molecule has 0 radical (unpaired) electrons. The number of amides is 2. The zero-order valence-electron chi connectivity index (χ0n) is 12.0. The van der Waals surface area contributed by atoms with Crippen LogP contribution in [0.1, 0.15) is 40.0 Å². The maximum Gasteiger partial charge on any atom is 0.244 e. The molecule has 0 saturated carbocycles. The molecule has 0 aromatic rings. The number of hydrogen-bond donors (Lipinski definition) is 2. The molecule has 5 nitrogen and oxygen atoms in total. The molecule has 1 rings (SSSR count). The van der Waals surface area contributed by atoms with Gasteiger partial charge in [-0.05, 0) is 32.1 Å². The van der Waals surface area contributed by atoms with Crippen LogP contribution >= 0.6 is 12.4 Å². The predicted octanol–water partition coefficient (Wildman–Crippen LogP) is 0.909. The third-order valence-corrected chi connectivity index (χ3v) is 3.42. The van der Waals surface area contributed by atoms with Gasteiger partial charge in [-0.1, -0.05) is 13.8 Å². The van der Waals surface area contributed by atoms with E-state index in [1.54, 1.807) is 6.92 Å². The van der Waals surface area contributed by atoms with E-state index >= 15 is 0 Å². The van der Waals surface area contributed by atoms with Crippen molar-refractivity contribution in [2.45, 2.75) is 52.1 Å². The summed E-state index contributed by atoms with van der Waals surface area (Å²) in [5, 5.41) is 2.70. The highest BCUT2D eigenvalue weighted by Crippen LogP contribution is 2.10. The number of nitrogens with two attached hydrogens (primary N) is 1. The topological polar surface area (TPSA) is 75.4 Å². The fourth-order valence-corrected chi connectivity index (χ4v) is 2.06. The summed E-state index contributed by atoms with van der Waals surface area (Å²) in [6, 6.07) is -1.04. The largest absolute Gasteiger partial charge is 0.343 e. The molecule has 6 heteroatoms.